The Labute approximate surface area is 108 Å². The lowest BCUT2D eigenvalue weighted by Crippen LogP contribution is -2.45. The maximum Gasteiger partial charge on any atom is 0.407 e. The Hall–Kier alpha value is -0.810. The van der Waals surface area contributed by atoms with Crippen molar-refractivity contribution in [2.75, 3.05) is 13.2 Å². The highest BCUT2D eigenvalue weighted by molar-refractivity contribution is 5.68. The number of amides is 1. The van der Waals surface area contributed by atoms with Gasteiger partial charge in [-0.15, -0.1) is 0 Å². The molecule has 1 heterocycles. The van der Waals surface area contributed by atoms with Crippen molar-refractivity contribution in [3.8, 4) is 0 Å². The van der Waals surface area contributed by atoms with Crippen LogP contribution in [0.4, 0.5) is 4.79 Å². The van der Waals surface area contributed by atoms with Crippen LogP contribution in [0.25, 0.3) is 0 Å². The molecule has 0 radical (unpaired) electrons. The summed E-state index contributed by atoms with van der Waals surface area (Å²) in [6.45, 7) is 6.96. The van der Waals surface area contributed by atoms with Gasteiger partial charge in [-0.3, -0.25) is 0 Å². The first-order chi connectivity index (χ1) is 8.39. The van der Waals surface area contributed by atoms with Gasteiger partial charge in [0.25, 0.3) is 0 Å². The second-order valence-corrected chi connectivity index (χ2v) is 6.03. The number of hydrogen-bond acceptors (Lipinski definition) is 4. The lowest BCUT2D eigenvalue weighted by molar-refractivity contribution is -0.179. The highest BCUT2D eigenvalue weighted by Crippen LogP contribution is 2.35. The highest BCUT2D eigenvalue weighted by Gasteiger charge is 2.40. The lowest BCUT2D eigenvalue weighted by atomic mass is 9.90. The average molecular weight is 257 g/mol. The van der Waals surface area contributed by atoms with Gasteiger partial charge < -0.3 is 19.5 Å². The Bertz CT molecular complexity index is 295. The first-order valence-electron chi connectivity index (χ1n) is 6.66. The summed E-state index contributed by atoms with van der Waals surface area (Å²) in [7, 11) is 0. The fourth-order valence-corrected chi connectivity index (χ4v) is 2.46. The Morgan fingerprint density at radius 1 is 1.22 bits per heavy atom. The monoisotopic (exact) mass is 257 g/mol. The largest absolute Gasteiger partial charge is 0.444 e. The summed E-state index contributed by atoms with van der Waals surface area (Å²) in [5, 5.41) is 2.91. The van der Waals surface area contributed by atoms with E-state index in [0.717, 1.165) is 25.7 Å². The van der Waals surface area contributed by atoms with Crippen molar-refractivity contribution >= 4 is 6.09 Å². The summed E-state index contributed by atoms with van der Waals surface area (Å²) in [6, 6.07) is 0.165. The molecule has 5 heteroatoms. The molecule has 0 atom stereocenters. The van der Waals surface area contributed by atoms with Gasteiger partial charge in [0.1, 0.15) is 5.60 Å². The van der Waals surface area contributed by atoms with Gasteiger partial charge in [0.05, 0.1) is 13.2 Å². The van der Waals surface area contributed by atoms with Gasteiger partial charge in [0.2, 0.25) is 0 Å². The predicted octanol–water partition coefficient (Wildman–Crippen LogP) is 2.20. The van der Waals surface area contributed by atoms with Crippen LogP contribution in [0, 0.1) is 0 Å². The van der Waals surface area contributed by atoms with Gasteiger partial charge >= 0.3 is 6.09 Å². The fourth-order valence-electron chi connectivity index (χ4n) is 2.46. The van der Waals surface area contributed by atoms with E-state index in [9.17, 15) is 4.79 Å². The molecule has 5 nitrogen and oxygen atoms in total. The molecule has 0 aromatic rings. The van der Waals surface area contributed by atoms with Crippen LogP contribution in [0.5, 0.6) is 0 Å². The molecule has 1 N–H and O–H groups in total. The van der Waals surface area contributed by atoms with Crippen LogP contribution in [0.1, 0.15) is 46.5 Å². The molecule has 1 spiro atoms. The number of hydrogen-bond donors (Lipinski definition) is 1. The molecule has 2 rings (SSSR count). The van der Waals surface area contributed by atoms with E-state index in [-0.39, 0.29) is 17.9 Å². The Morgan fingerprint density at radius 2 is 1.78 bits per heavy atom. The Balaban J connectivity index is 1.75. The number of carbonyl (C=O) groups excluding carboxylic acids is 1. The molecule has 0 bridgehead atoms. The van der Waals surface area contributed by atoms with Gasteiger partial charge in [-0.1, -0.05) is 0 Å². The molecule has 1 saturated heterocycles. The van der Waals surface area contributed by atoms with Crippen LogP contribution in [0.2, 0.25) is 0 Å². The second kappa shape index (κ2) is 5.05. The van der Waals surface area contributed by atoms with Crippen molar-refractivity contribution in [2.24, 2.45) is 0 Å². The lowest BCUT2D eigenvalue weighted by Gasteiger charge is -2.35. The zero-order valence-electron chi connectivity index (χ0n) is 11.5. The summed E-state index contributed by atoms with van der Waals surface area (Å²) in [5.41, 5.74) is -0.447. The van der Waals surface area contributed by atoms with E-state index >= 15 is 0 Å². The van der Waals surface area contributed by atoms with Crippen LogP contribution >= 0.6 is 0 Å². The van der Waals surface area contributed by atoms with Gasteiger partial charge in [0, 0.05) is 18.9 Å². The number of rotatable bonds is 1. The SMILES string of the molecule is CC(C)(C)OC(=O)NC1CCC2(CC1)OCCO2. The summed E-state index contributed by atoms with van der Waals surface area (Å²) in [6.07, 6.45) is 3.09. The van der Waals surface area contributed by atoms with Crippen LogP contribution in [-0.4, -0.2) is 36.7 Å². The molecule has 2 aliphatic rings. The minimum Gasteiger partial charge on any atom is -0.444 e. The molecule has 0 aromatic heterocycles. The molecule has 1 aliphatic carbocycles. The van der Waals surface area contributed by atoms with E-state index in [1.807, 2.05) is 20.8 Å². The van der Waals surface area contributed by atoms with Crippen molar-refractivity contribution in [1.29, 1.82) is 0 Å². The van der Waals surface area contributed by atoms with E-state index in [1.54, 1.807) is 0 Å². The van der Waals surface area contributed by atoms with E-state index in [0.29, 0.717) is 13.2 Å². The van der Waals surface area contributed by atoms with Crippen molar-refractivity contribution in [3.63, 3.8) is 0 Å². The molecule has 1 amide bonds. The van der Waals surface area contributed by atoms with Crippen LogP contribution in [0.3, 0.4) is 0 Å². The molecule has 2 fully saturated rings. The summed E-state index contributed by atoms with van der Waals surface area (Å²) in [4.78, 5) is 11.6. The van der Waals surface area contributed by atoms with Gasteiger partial charge in [-0.25, -0.2) is 4.79 Å². The Kier molecular flexibility index (Phi) is 3.82. The van der Waals surface area contributed by atoms with E-state index in [4.69, 9.17) is 14.2 Å². The third-order valence-electron chi connectivity index (χ3n) is 3.28. The van der Waals surface area contributed by atoms with Crippen molar-refractivity contribution < 1.29 is 19.0 Å². The number of ether oxygens (including phenoxy) is 3. The van der Waals surface area contributed by atoms with Crippen molar-refractivity contribution in [1.82, 2.24) is 5.32 Å². The zero-order chi connectivity index (χ0) is 13.2. The molecule has 0 unspecified atom stereocenters. The van der Waals surface area contributed by atoms with Crippen LogP contribution in [0.15, 0.2) is 0 Å². The zero-order valence-corrected chi connectivity index (χ0v) is 11.5. The second-order valence-electron chi connectivity index (χ2n) is 6.03. The van der Waals surface area contributed by atoms with E-state index in [1.165, 1.54) is 0 Å². The standard InChI is InChI=1S/C13H23NO4/c1-12(2,3)18-11(15)14-10-4-6-13(7-5-10)16-8-9-17-13/h10H,4-9H2,1-3H3,(H,14,15). The van der Waals surface area contributed by atoms with Crippen LogP contribution < -0.4 is 5.32 Å². The Morgan fingerprint density at radius 3 is 2.28 bits per heavy atom. The van der Waals surface area contributed by atoms with Crippen molar-refractivity contribution in [2.45, 2.75) is 63.9 Å². The quantitative estimate of drug-likeness (QED) is 0.782. The molecule has 1 saturated carbocycles. The molecule has 104 valence electrons. The van der Waals surface area contributed by atoms with Gasteiger partial charge in [-0.05, 0) is 33.6 Å². The van der Waals surface area contributed by atoms with Crippen LogP contribution in [-0.2, 0) is 14.2 Å². The number of nitrogens with one attached hydrogen (secondary N) is 1. The summed E-state index contributed by atoms with van der Waals surface area (Å²) >= 11 is 0. The topological polar surface area (TPSA) is 56.8 Å². The summed E-state index contributed by atoms with van der Waals surface area (Å²) in [5.74, 6) is -0.369. The third-order valence-corrected chi connectivity index (χ3v) is 3.28. The molecular formula is C13H23NO4. The first kappa shape index (κ1) is 13.6. The molecule has 18 heavy (non-hydrogen) atoms. The maximum absolute atomic E-state index is 11.6. The fraction of sp³-hybridized carbons (Fsp3) is 0.923. The third kappa shape index (κ3) is 3.59. The predicted molar refractivity (Wildman–Crippen MR) is 66.3 cm³/mol. The molecular weight excluding hydrogens is 234 g/mol. The van der Waals surface area contributed by atoms with E-state index in [2.05, 4.69) is 5.32 Å². The minimum absolute atomic E-state index is 0.165. The molecule has 1 aliphatic heterocycles. The van der Waals surface area contributed by atoms with E-state index < -0.39 is 5.60 Å². The highest BCUT2D eigenvalue weighted by atomic mass is 16.7. The minimum atomic E-state index is -0.447. The smallest absolute Gasteiger partial charge is 0.407 e. The average Bonchev–Trinajstić information content (AvgIpc) is 2.68. The van der Waals surface area contributed by atoms with Gasteiger partial charge in [0.15, 0.2) is 5.79 Å². The summed E-state index contributed by atoms with van der Waals surface area (Å²) < 4.78 is 16.5. The maximum atomic E-state index is 11.6. The normalized spacial score (nSPS) is 24.2. The number of alkyl carbamates (subject to hydrolysis) is 1. The van der Waals surface area contributed by atoms with Gasteiger partial charge in [-0.2, -0.15) is 0 Å². The molecule has 0 aromatic carbocycles. The number of carbonyl (C=O) groups is 1. The first-order valence-corrected chi connectivity index (χ1v) is 6.66. The van der Waals surface area contributed by atoms with Crippen molar-refractivity contribution in [3.05, 3.63) is 0 Å².